The van der Waals surface area contributed by atoms with Gasteiger partial charge < -0.3 is 0 Å². The van der Waals surface area contributed by atoms with Gasteiger partial charge in [0.2, 0.25) is 0 Å². The van der Waals surface area contributed by atoms with Gasteiger partial charge in [0, 0.05) is 0 Å². The lowest BCUT2D eigenvalue weighted by atomic mass is 9.85. The topological polar surface area (TPSA) is 0 Å². The molecule has 47 heavy (non-hydrogen) atoms. The Morgan fingerprint density at radius 3 is 1.38 bits per heavy atom. The Morgan fingerprint density at radius 2 is 0.830 bits per heavy atom. The Labute approximate surface area is 292 Å². The lowest BCUT2D eigenvalue weighted by Crippen LogP contribution is -2.11. The normalized spacial score (nSPS) is 12.1. The molecule has 0 bridgehead atoms. The van der Waals surface area contributed by atoms with E-state index in [1.807, 2.05) is 41.5 Å². The molecule has 0 spiro atoms. The molecule has 4 aromatic rings. The van der Waals surface area contributed by atoms with Gasteiger partial charge in [0.05, 0.1) is 0 Å². The maximum absolute atomic E-state index is 2.34. The number of hydrogen-bond acceptors (Lipinski definition) is 0. The molecule has 0 nitrogen and oxygen atoms in total. The average molecular weight is 635 g/mol. The van der Waals surface area contributed by atoms with Crippen molar-refractivity contribution >= 4 is 22.9 Å². The summed E-state index contributed by atoms with van der Waals surface area (Å²) in [6, 6.07) is 28.9. The van der Waals surface area contributed by atoms with E-state index in [4.69, 9.17) is 0 Å². The third kappa shape index (κ3) is 13.3. The van der Waals surface area contributed by atoms with Crippen molar-refractivity contribution < 1.29 is 0 Å². The minimum absolute atomic E-state index is 0. The zero-order valence-electron chi connectivity index (χ0n) is 32.2. The molecule has 0 radical (unpaired) electrons. The SMILES string of the molecule is C.CC.CC.CC.CC(C)(C)c1ccc2c(c1)C=CC2.CC(C)(C)c1ccc2c(c1)CC=C2.CC(C)(C)c1ccc2ccccc2c1. The van der Waals surface area contributed by atoms with Crippen molar-refractivity contribution in [3.05, 3.63) is 130 Å². The molecule has 0 atom stereocenters. The second-order valence-corrected chi connectivity index (χ2v) is 14.4. The molecule has 0 saturated heterocycles. The maximum atomic E-state index is 2.34. The summed E-state index contributed by atoms with van der Waals surface area (Å²) < 4.78 is 0. The van der Waals surface area contributed by atoms with Crippen LogP contribution in [0.2, 0.25) is 0 Å². The summed E-state index contributed by atoms with van der Waals surface area (Å²) in [4.78, 5) is 0. The largest absolute Gasteiger partial charge is 0.0795 e. The Morgan fingerprint density at radius 1 is 0.404 bits per heavy atom. The quantitative estimate of drug-likeness (QED) is 0.180. The maximum Gasteiger partial charge on any atom is -0.00881 e. The van der Waals surface area contributed by atoms with E-state index < -0.39 is 0 Å². The van der Waals surface area contributed by atoms with Crippen LogP contribution in [0.3, 0.4) is 0 Å². The summed E-state index contributed by atoms with van der Waals surface area (Å²) in [6.45, 7) is 32.3. The fourth-order valence-corrected chi connectivity index (χ4v) is 5.10. The fraction of sp³-hybridized carbons (Fsp3) is 0.447. The predicted octanol–water partition coefficient (Wildman–Crippen LogP) is 15.0. The van der Waals surface area contributed by atoms with E-state index in [9.17, 15) is 0 Å². The zero-order valence-corrected chi connectivity index (χ0v) is 32.2. The molecule has 2 aliphatic rings. The van der Waals surface area contributed by atoms with Crippen LogP contribution in [0.5, 0.6) is 0 Å². The van der Waals surface area contributed by atoms with Crippen LogP contribution in [-0.2, 0) is 29.1 Å². The fourth-order valence-electron chi connectivity index (χ4n) is 5.10. The Balaban J connectivity index is 0.000000619. The predicted molar refractivity (Wildman–Crippen MR) is 219 cm³/mol. The van der Waals surface area contributed by atoms with Gasteiger partial charge in [0.1, 0.15) is 0 Å². The monoisotopic (exact) mass is 635 g/mol. The van der Waals surface area contributed by atoms with E-state index >= 15 is 0 Å². The molecular formula is C47H70. The van der Waals surface area contributed by atoms with E-state index in [-0.39, 0.29) is 23.7 Å². The van der Waals surface area contributed by atoms with Gasteiger partial charge in [-0.15, -0.1) is 0 Å². The molecular weight excluding hydrogens is 565 g/mol. The van der Waals surface area contributed by atoms with Gasteiger partial charge in [-0.1, -0.05) is 214 Å². The number of allylic oxidation sites excluding steroid dienone is 2. The standard InChI is InChI=1S/C14H16.2C13H16.3C2H6.CH4/c1-14(2,3)13-9-8-11-6-4-5-7-12(11)10-13;2*1-13(2,3)12-8-7-10-5-4-6-11(10)9-12;3*1-2;/h4-10H,1-3H3;4,6-9H,5H2,1-3H3;4-5,7-9H,6H2,1-3H3;3*1-2H3;1H4. The number of hydrogen-bond donors (Lipinski definition) is 0. The Kier molecular flexibility index (Phi) is 18.6. The van der Waals surface area contributed by atoms with Crippen LogP contribution in [0.4, 0.5) is 0 Å². The van der Waals surface area contributed by atoms with E-state index in [1.54, 1.807) is 0 Å². The molecule has 0 aromatic heterocycles. The molecule has 0 amide bonds. The molecule has 258 valence electrons. The first-order valence-corrected chi connectivity index (χ1v) is 17.8. The highest BCUT2D eigenvalue weighted by atomic mass is 14.2. The van der Waals surface area contributed by atoms with Gasteiger partial charge in [-0.3, -0.25) is 0 Å². The van der Waals surface area contributed by atoms with Crippen molar-refractivity contribution in [3.8, 4) is 0 Å². The highest BCUT2D eigenvalue weighted by molar-refractivity contribution is 5.83. The highest BCUT2D eigenvalue weighted by Crippen LogP contribution is 2.29. The lowest BCUT2D eigenvalue weighted by Gasteiger charge is -2.19. The van der Waals surface area contributed by atoms with Crippen LogP contribution >= 0.6 is 0 Å². The third-order valence-corrected chi connectivity index (χ3v) is 7.91. The molecule has 0 saturated carbocycles. The van der Waals surface area contributed by atoms with E-state index in [2.05, 4.69) is 165 Å². The van der Waals surface area contributed by atoms with Crippen LogP contribution in [0, 0.1) is 0 Å². The average Bonchev–Trinajstić information content (AvgIpc) is 3.72. The van der Waals surface area contributed by atoms with Gasteiger partial charge in [-0.2, -0.15) is 0 Å². The summed E-state index contributed by atoms with van der Waals surface area (Å²) in [6.07, 6.45) is 11.1. The highest BCUT2D eigenvalue weighted by Gasteiger charge is 2.17. The van der Waals surface area contributed by atoms with Crippen molar-refractivity contribution in [2.45, 2.75) is 140 Å². The number of benzene rings is 4. The number of rotatable bonds is 0. The molecule has 0 heterocycles. The Hall–Kier alpha value is -3.38. The van der Waals surface area contributed by atoms with Crippen molar-refractivity contribution in [1.29, 1.82) is 0 Å². The van der Waals surface area contributed by atoms with E-state index in [0.29, 0.717) is 0 Å². The first-order chi connectivity index (χ1) is 21.7. The molecule has 0 aliphatic heterocycles. The van der Waals surface area contributed by atoms with Crippen LogP contribution in [0.15, 0.2) is 91.0 Å². The van der Waals surface area contributed by atoms with Crippen molar-refractivity contribution in [1.82, 2.24) is 0 Å². The minimum Gasteiger partial charge on any atom is -0.0795 e. The molecule has 6 rings (SSSR count). The third-order valence-electron chi connectivity index (χ3n) is 7.91. The lowest BCUT2D eigenvalue weighted by molar-refractivity contribution is 0.589. The first kappa shape index (κ1) is 43.6. The molecule has 0 fully saturated rings. The van der Waals surface area contributed by atoms with Crippen molar-refractivity contribution in [3.63, 3.8) is 0 Å². The van der Waals surface area contributed by atoms with Gasteiger partial charge in [-0.05, 0) is 78.8 Å². The molecule has 0 unspecified atom stereocenters. The molecule has 0 N–H and O–H groups in total. The summed E-state index contributed by atoms with van der Waals surface area (Å²) in [5.41, 5.74) is 10.8. The van der Waals surface area contributed by atoms with Gasteiger partial charge in [0.15, 0.2) is 0 Å². The first-order valence-electron chi connectivity index (χ1n) is 17.8. The van der Waals surface area contributed by atoms with Crippen LogP contribution in [0.1, 0.15) is 150 Å². The summed E-state index contributed by atoms with van der Waals surface area (Å²) in [5.74, 6) is 0. The zero-order chi connectivity index (χ0) is 35.1. The van der Waals surface area contributed by atoms with Gasteiger partial charge in [-0.25, -0.2) is 0 Å². The molecule has 4 aromatic carbocycles. The molecule has 2 aliphatic carbocycles. The van der Waals surface area contributed by atoms with E-state index in [0.717, 1.165) is 12.8 Å². The van der Waals surface area contributed by atoms with Crippen LogP contribution in [-0.4, -0.2) is 0 Å². The number of fused-ring (bicyclic) bond motifs is 3. The van der Waals surface area contributed by atoms with E-state index in [1.165, 1.54) is 49.7 Å². The second-order valence-electron chi connectivity index (χ2n) is 14.4. The summed E-state index contributed by atoms with van der Waals surface area (Å²) in [7, 11) is 0. The smallest absolute Gasteiger partial charge is 0.00881 e. The summed E-state index contributed by atoms with van der Waals surface area (Å²) in [5, 5.41) is 2.65. The second kappa shape index (κ2) is 20.1. The van der Waals surface area contributed by atoms with Gasteiger partial charge in [0.25, 0.3) is 0 Å². The van der Waals surface area contributed by atoms with Crippen LogP contribution in [0.25, 0.3) is 22.9 Å². The van der Waals surface area contributed by atoms with Crippen molar-refractivity contribution in [2.75, 3.05) is 0 Å². The van der Waals surface area contributed by atoms with Gasteiger partial charge >= 0.3 is 0 Å². The Bertz CT molecular complexity index is 1520. The van der Waals surface area contributed by atoms with Crippen LogP contribution < -0.4 is 0 Å². The summed E-state index contributed by atoms with van der Waals surface area (Å²) >= 11 is 0. The molecule has 0 heteroatoms. The minimum atomic E-state index is 0. The van der Waals surface area contributed by atoms with Crippen molar-refractivity contribution in [2.24, 2.45) is 0 Å².